The Morgan fingerprint density at radius 3 is 1.73 bits per heavy atom. The van der Waals surface area contributed by atoms with Crippen molar-refractivity contribution in [3.05, 3.63) is 60.8 Å². The van der Waals surface area contributed by atoms with Gasteiger partial charge >= 0.3 is 19.8 Å². The van der Waals surface area contributed by atoms with Crippen molar-refractivity contribution in [3.63, 3.8) is 0 Å². The summed E-state index contributed by atoms with van der Waals surface area (Å²) < 4.78 is 34.0. The maximum atomic E-state index is 12.7. The Bertz CT molecular complexity index is 1240. The average molecular weight is 857 g/mol. The molecule has 1 unspecified atom stereocenters. The van der Waals surface area contributed by atoms with E-state index < -0.39 is 50.8 Å². The molecule has 0 aliphatic heterocycles. The van der Waals surface area contributed by atoms with Crippen LogP contribution in [0.3, 0.4) is 0 Å². The first-order chi connectivity index (χ1) is 28.2. The SMILES string of the molecule is CC/C=C\C[C@H](O)/C=C/C=C/C=C\C=C/[C@@H](O)[C@H](O)CCCC(=O)O[C@H](COC(=O)CCCCCCCCCCCCCCCCC)COP(=O)(O)OCC[N+](C)(C)C. The smallest absolute Gasteiger partial charge is 0.462 e. The molecule has 0 saturated carbocycles. The number of carbonyl (C=O) groups is 2. The van der Waals surface area contributed by atoms with Crippen LogP contribution in [0.15, 0.2) is 60.8 Å². The van der Waals surface area contributed by atoms with Crippen LogP contribution in [0.4, 0.5) is 0 Å². The predicted molar refractivity (Wildman–Crippen MR) is 237 cm³/mol. The van der Waals surface area contributed by atoms with E-state index >= 15 is 0 Å². The largest absolute Gasteiger partial charge is 0.472 e. The number of esters is 2. The van der Waals surface area contributed by atoms with Crippen LogP contribution in [0.1, 0.15) is 149 Å². The number of aliphatic hydroxyl groups is 3. The number of hydrogen-bond donors (Lipinski definition) is 4. The van der Waals surface area contributed by atoms with Crippen molar-refractivity contribution in [2.45, 2.75) is 173 Å². The zero-order valence-electron chi connectivity index (χ0n) is 37.3. The molecular weight excluding hydrogens is 773 g/mol. The van der Waals surface area contributed by atoms with Crippen LogP contribution in [-0.2, 0) is 32.7 Å². The van der Waals surface area contributed by atoms with Gasteiger partial charge in [0.1, 0.15) is 19.8 Å². The Kier molecular flexibility index (Phi) is 35.8. The normalized spacial score (nSPS) is 15.7. The third-order valence-corrected chi connectivity index (χ3v) is 10.4. The van der Waals surface area contributed by atoms with Crippen LogP contribution >= 0.6 is 7.82 Å². The highest BCUT2D eigenvalue weighted by Gasteiger charge is 2.27. The number of quaternary nitrogens is 1. The summed E-state index contributed by atoms with van der Waals surface area (Å²) in [6.07, 6.45) is 33.6. The average Bonchev–Trinajstić information content (AvgIpc) is 3.17. The van der Waals surface area contributed by atoms with E-state index in [9.17, 15) is 34.4 Å². The van der Waals surface area contributed by atoms with Gasteiger partial charge < -0.3 is 34.2 Å². The number of rotatable bonds is 39. The minimum absolute atomic E-state index is 0.0341. The molecule has 5 atom stereocenters. The molecule has 59 heavy (non-hydrogen) atoms. The van der Waals surface area contributed by atoms with Gasteiger partial charge in [0.05, 0.1) is 46.1 Å². The van der Waals surface area contributed by atoms with Crippen LogP contribution < -0.4 is 0 Å². The molecule has 13 heteroatoms. The molecule has 4 N–H and O–H groups in total. The lowest BCUT2D eigenvalue weighted by Crippen LogP contribution is -2.37. The molecule has 0 saturated heterocycles. The minimum Gasteiger partial charge on any atom is -0.462 e. The first-order valence-corrected chi connectivity index (χ1v) is 23.8. The van der Waals surface area contributed by atoms with Gasteiger partial charge in [0, 0.05) is 12.8 Å². The quantitative estimate of drug-likeness (QED) is 0.0116. The van der Waals surface area contributed by atoms with Gasteiger partial charge in [-0.2, -0.15) is 0 Å². The minimum atomic E-state index is -4.47. The number of phosphoric acid groups is 1. The summed E-state index contributed by atoms with van der Waals surface area (Å²) in [5.74, 6) is -1.13. The van der Waals surface area contributed by atoms with Crippen molar-refractivity contribution < 1.29 is 57.4 Å². The zero-order chi connectivity index (χ0) is 44.0. The molecule has 0 bridgehead atoms. The van der Waals surface area contributed by atoms with Crippen molar-refractivity contribution in [2.24, 2.45) is 0 Å². The number of unbranched alkanes of at least 4 members (excludes halogenated alkanes) is 14. The van der Waals surface area contributed by atoms with Crippen LogP contribution in [0.5, 0.6) is 0 Å². The maximum absolute atomic E-state index is 12.7. The molecule has 0 aromatic carbocycles. The lowest BCUT2D eigenvalue weighted by atomic mass is 10.0. The first-order valence-electron chi connectivity index (χ1n) is 22.3. The number of allylic oxidation sites excluding steroid dienone is 7. The highest BCUT2D eigenvalue weighted by Crippen LogP contribution is 2.43. The van der Waals surface area contributed by atoms with Crippen molar-refractivity contribution in [3.8, 4) is 0 Å². The van der Waals surface area contributed by atoms with Crippen molar-refractivity contribution in [1.82, 2.24) is 0 Å². The highest BCUT2D eigenvalue weighted by atomic mass is 31.2. The first kappa shape index (κ1) is 56.6. The maximum Gasteiger partial charge on any atom is 0.472 e. The van der Waals surface area contributed by atoms with E-state index in [0.717, 1.165) is 25.7 Å². The van der Waals surface area contributed by atoms with Crippen LogP contribution in [0, 0.1) is 0 Å². The van der Waals surface area contributed by atoms with Crippen molar-refractivity contribution in [2.75, 3.05) is 47.5 Å². The molecule has 0 rings (SSSR count). The van der Waals surface area contributed by atoms with Crippen LogP contribution in [-0.4, -0.2) is 109 Å². The fourth-order valence-electron chi connectivity index (χ4n) is 5.77. The van der Waals surface area contributed by atoms with Gasteiger partial charge in [0.25, 0.3) is 0 Å². The Hall–Kier alpha value is -2.41. The Morgan fingerprint density at radius 1 is 0.644 bits per heavy atom. The van der Waals surface area contributed by atoms with Crippen molar-refractivity contribution >= 4 is 19.8 Å². The number of likely N-dealkylation sites (N-methyl/N-ethyl adjacent to an activating group) is 1. The summed E-state index contributed by atoms with van der Waals surface area (Å²) in [4.78, 5) is 35.4. The summed E-state index contributed by atoms with van der Waals surface area (Å²) in [6.45, 7) is 3.82. The number of aliphatic hydroxyl groups excluding tert-OH is 3. The highest BCUT2D eigenvalue weighted by molar-refractivity contribution is 7.47. The third-order valence-electron chi connectivity index (χ3n) is 9.40. The van der Waals surface area contributed by atoms with Crippen LogP contribution in [0.2, 0.25) is 0 Å². The summed E-state index contributed by atoms with van der Waals surface area (Å²) >= 11 is 0. The molecule has 0 aliphatic rings. The van der Waals surface area contributed by atoms with Gasteiger partial charge in [-0.3, -0.25) is 18.6 Å². The summed E-state index contributed by atoms with van der Waals surface area (Å²) in [6, 6.07) is 0. The van der Waals surface area contributed by atoms with E-state index in [1.807, 2.05) is 40.2 Å². The Morgan fingerprint density at radius 2 is 1.17 bits per heavy atom. The van der Waals surface area contributed by atoms with E-state index in [4.69, 9.17) is 18.5 Å². The van der Waals surface area contributed by atoms with Gasteiger partial charge in [0.15, 0.2) is 6.10 Å². The lowest BCUT2D eigenvalue weighted by molar-refractivity contribution is -0.870. The zero-order valence-corrected chi connectivity index (χ0v) is 38.2. The summed E-state index contributed by atoms with van der Waals surface area (Å²) in [7, 11) is 1.25. The predicted octanol–water partition coefficient (Wildman–Crippen LogP) is 9.38. The van der Waals surface area contributed by atoms with E-state index in [2.05, 4.69) is 6.92 Å². The Balaban J connectivity index is 4.69. The number of phosphoric ester groups is 1. The van der Waals surface area contributed by atoms with Gasteiger partial charge in [-0.25, -0.2) is 4.57 Å². The molecule has 0 spiro atoms. The second-order valence-corrected chi connectivity index (χ2v) is 17.7. The Labute approximate surface area is 357 Å². The molecule has 0 aliphatic carbocycles. The monoisotopic (exact) mass is 857 g/mol. The van der Waals surface area contributed by atoms with Gasteiger partial charge in [-0.05, 0) is 32.1 Å². The number of ether oxygens (including phenoxy) is 2. The summed E-state index contributed by atoms with van der Waals surface area (Å²) in [5, 5.41) is 30.5. The van der Waals surface area contributed by atoms with Crippen LogP contribution in [0.25, 0.3) is 0 Å². The van der Waals surface area contributed by atoms with Gasteiger partial charge in [-0.1, -0.05) is 164 Å². The lowest BCUT2D eigenvalue weighted by Gasteiger charge is -2.24. The molecule has 12 nitrogen and oxygen atoms in total. The van der Waals surface area contributed by atoms with E-state index in [1.165, 1.54) is 76.7 Å². The second kappa shape index (κ2) is 37.4. The molecule has 0 fully saturated rings. The topological polar surface area (TPSA) is 169 Å². The van der Waals surface area contributed by atoms with Gasteiger partial charge in [-0.15, -0.1) is 0 Å². The summed E-state index contributed by atoms with van der Waals surface area (Å²) in [5.41, 5.74) is 0. The molecule has 0 aromatic heterocycles. The number of nitrogens with zero attached hydrogens (tertiary/aromatic N) is 1. The second-order valence-electron chi connectivity index (χ2n) is 16.3. The molecule has 0 amide bonds. The molecule has 0 radical (unpaired) electrons. The standard InChI is InChI=1S/C46H82NO11P/c1-6-8-10-11-12-13-14-15-16-17-18-19-20-25-29-35-45(51)55-39-42(40-57-59(53,54)56-38-37-47(3,4)5)58-46(52)36-30-34-44(50)43(49)33-28-24-22-21-23-27-32-41(48)31-26-9-7-2/h9,21-24,26-28,32-33,41-44,48-50H,6-8,10-20,25,29-31,34-40H2,1-5H3/p+1/b23-21+,24-22-,26-9-,32-27+,33-28-/t41-,42+,43+,44+/m0/s1. The third kappa shape index (κ3) is 39.5. The number of carbonyl (C=O) groups excluding carboxylic acids is 2. The molecule has 0 aromatic rings. The fourth-order valence-corrected chi connectivity index (χ4v) is 6.51. The fraction of sp³-hybridized carbons (Fsp3) is 0.739. The van der Waals surface area contributed by atoms with E-state index in [-0.39, 0.29) is 38.9 Å². The van der Waals surface area contributed by atoms with E-state index in [0.29, 0.717) is 23.9 Å². The van der Waals surface area contributed by atoms with Crippen molar-refractivity contribution in [1.29, 1.82) is 0 Å². The molecular formula is C46H83NO11P+. The van der Waals surface area contributed by atoms with Gasteiger partial charge in [0.2, 0.25) is 0 Å². The van der Waals surface area contributed by atoms with E-state index in [1.54, 1.807) is 42.5 Å². The molecule has 0 heterocycles. The number of hydrogen-bond acceptors (Lipinski definition) is 10. The molecule has 342 valence electrons.